The zero-order valence-electron chi connectivity index (χ0n) is 14.0. The van der Waals surface area contributed by atoms with Gasteiger partial charge in [0, 0.05) is 5.56 Å². The lowest BCUT2D eigenvalue weighted by molar-refractivity contribution is -0.662. The van der Waals surface area contributed by atoms with Crippen LogP contribution in [-0.4, -0.2) is 4.98 Å². The summed E-state index contributed by atoms with van der Waals surface area (Å²) < 4.78 is 2.13. The van der Waals surface area contributed by atoms with Gasteiger partial charge in [-0.3, -0.25) is 0 Å². The van der Waals surface area contributed by atoms with Crippen molar-refractivity contribution in [2.24, 2.45) is 7.05 Å². The number of aromatic nitrogens is 2. The van der Waals surface area contributed by atoms with Gasteiger partial charge in [-0.05, 0) is 54.1 Å². The molecular formula is C20H23N2+. The molecule has 0 atom stereocenters. The van der Waals surface area contributed by atoms with E-state index >= 15 is 0 Å². The Morgan fingerprint density at radius 1 is 1.00 bits per heavy atom. The largest absolute Gasteiger partial charge is 0.287 e. The molecule has 0 saturated heterocycles. The number of hydrogen-bond donors (Lipinski definition) is 0. The lowest BCUT2D eigenvalue weighted by Gasteiger charge is -2.11. The van der Waals surface area contributed by atoms with Crippen molar-refractivity contribution in [3.05, 3.63) is 59.4 Å². The van der Waals surface area contributed by atoms with Gasteiger partial charge in [0.2, 0.25) is 0 Å². The standard InChI is InChI=1S/C20H23N2/c1-13(2)16-8-9-19-18(11-16)20(22(5)12-21-19)17-10-14(3)6-7-15(17)4/h6-13H,1-5H3/q+1. The molecular weight excluding hydrogens is 268 g/mol. The first-order chi connectivity index (χ1) is 10.5. The molecule has 0 radical (unpaired) electrons. The summed E-state index contributed by atoms with van der Waals surface area (Å²) in [6.07, 6.45) is 1.91. The van der Waals surface area contributed by atoms with Crippen molar-refractivity contribution in [3.8, 4) is 11.3 Å². The second kappa shape index (κ2) is 5.53. The predicted octanol–water partition coefficient (Wildman–Crippen LogP) is 4.47. The average Bonchev–Trinajstić information content (AvgIpc) is 2.49. The van der Waals surface area contributed by atoms with Crippen LogP contribution in [-0.2, 0) is 7.05 Å². The van der Waals surface area contributed by atoms with Gasteiger partial charge in [-0.25, -0.2) is 4.57 Å². The Kier molecular flexibility index (Phi) is 3.69. The maximum Gasteiger partial charge on any atom is 0.287 e. The van der Waals surface area contributed by atoms with Gasteiger partial charge in [0.1, 0.15) is 5.69 Å². The number of aryl methyl sites for hydroxylation is 3. The van der Waals surface area contributed by atoms with Crippen LogP contribution in [0.25, 0.3) is 22.2 Å². The van der Waals surface area contributed by atoms with Crippen LogP contribution >= 0.6 is 0 Å². The molecule has 0 aliphatic carbocycles. The molecule has 3 rings (SSSR count). The van der Waals surface area contributed by atoms with Crippen LogP contribution in [0.15, 0.2) is 42.7 Å². The predicted molar refractivity (Wildman–Crippen MR) is 91.9 cm³/mol. The summed E-state index contributed by atoms with van der Waals surface area (Å²) in [5.41, 5.74) is 7.52. The van der Waals surface area contributed by atoms with Crippen molar-refractivity contribution in [2.75, 3.05) is 0 Å². The summed E-state index contributed by atoms with van der Waals surface area (Å²) >= 11 is 0. The molecule has 0 N–H and O–H groups in total. The average molecular weight is 291 g/mol. The molecule has 0 aliphatic rings. The first-order valence-electron chi connectivity index (χ1n) is 7.83. The normalized spacial score (nSPS) is 11.4. The number of benzene rings is 2. The molecule has 2 heteroatoms. The third-order valence-corrected chi connectivity index (χ3v) is 4.31. The third-order valence-electron chi connectivity index (χ3n) is 4.31. The molecule has 0 aliphatic heterocycles. The third kappa shape index (κ3) is 2.50. The molecule has 0 fully saturated rings. The molecule has 112 valence electrons. The minimum atomic E-state index is 0.515. The molecule has 0 spiro atoms. The van der Waals surface area contributed by atoms with Crippen LogP contribution in [0.4, 0.5) is 0 Å². The first kappa shape index (κ1) is 14.7. The Morgan fingerprint density at radius 3 is 2.50 bits per heavy atom. The zero-order chi connectivity index (χ0) is 15.9. The molecule has 3 aromatic rings. The molecule has 0 bridgehead atoms. The number of rotatable bonds is 2. The molecule has 2 aromatic carbocycles. The monoisotopic (exact) mass is 291 g/mol. The summed E-state index contributed by atoms with van der Waals surface area (Å²) in [5, 5.41) is 1.23. The highest BCUT2D eigenvalue weighted by Gasteiger charge is 2.17. The SMILES string of the molecule is Cc1ccc(C)c(-c2c3cc(C(C)C)ccc3nc[n+]2C)c1. The lowest BCUT2D eigenvalue weighted by atomic mass is 9.96. The van der Waals surface area contributed by atoms with Crippen molar-refractivity contribution in [2.45, 2.75) is 33.6 Å². The highest BCUT2D eigenvalue weighted by atomic mass is 15.0. The van der Waals surface area contributed by atoms with Crippen LogP contribution in [0.3, 0.4) is 0 Å². The van der Waals surface area contributed by atoms with E-state index in [1.807, 2.05) is 6.33 Å². The van der Waals surface area contributed by atoms with Gasteiger partial charge in [0.25, 0.3) is 6.33 Å². The fraction of sp³-hybridized carbons (Fsp3) is 0.300. The summed E-state index contributed by atoms with van der Waals surface area (Å²) in [4.78, 5) is 4.58. The van der Waals surface area contributed by atoms with Crippen molar-refractivity contribution in [1.82, 2.24) is 4.98 Å². The quantitative estimate of drug-likeness (QED) is 0.637. The minimum Gasteiger partial charge on any atom is -0.232 e. The van der Waals surface area contributed by atoms with Gasteiger partial charge in [-0.1, -0.05) is 37.6 Å². The Labute approximate surface area is 132 Å². The van der Waals surface area contributed by atoms with Gasteiger partial charge < -0.3 is 0 Å². The minimum absolute atomic E-state index is 0.515. The zero-order valence-corrected chi connectivity index (χ0v) is 14.0. The van der Waals surface area contributed by atoms with E-state index in [1.54, 1.807) is 0 Å². The van der Waals surface area contributed by atoms with E-state index in [9.17, 15) is 0 Å². The van der Waals surface area contributed by atoms with Crippen LogP contribution < -0.4 is 4.57 Å². The summed E-state index contributed by atoms with van der Waals surface area (Å²) in [7, 11) is 2.07. The van der Waals surface area contributed by atoms with Gasteiger partial charge in [0.05, 0.1) is 12.4 Å². The summed E-state index contributed by atoms with van der Waals surface area (Å²) in [5.74, 6) is 0.515. The highest BCUT2D eigenvalue weighted by molar-refractivity contribution is 5.91. The van der Waals surface area contributed by atoms with E-state index in [0.29, 0.717) is 5.92 Å². The number of fused-ring (bicyclic) bond motifs is 1. The second-order valence-electron chi connectivity index (χ2n) is 6.45. The van der Waals surface area contributed by atoms with Crippen molar-refractivity contribution in [3.63, 3.8) is 0 Å². The molecule has 0 amide bonds. The highest BCUT2D eigenvalue weighted by Crippen LogP contribution is 2.29. The maximum atomic E-state index is 4.58. The summed E-state index contributed by atoms with van der Waals surface area (Å²) in [6.45, 7) is 8.78. The van der Waals surface area contributed by atoms with E-state index in [0.717, 1.165) is 5.52 Å². The summed E-state index contributed by atoms with van der Waals surface area (Å²) in [6, 6.07) is 13.3. The maximum absolute atomic E-state index is 4.58. The molecule has 2 nitrogen and oxygen atoms in total. The fourth-order valence-electron chi connectivity index (χ4n) is 2.94. The van der Waals surface area contributed by atoms with Gasteiger partial charge in [-0.2, -0.15) is 0 Å². The topological polar surface area (TPSA) is 16.8 Å². The molecule has 0 unspecified atom stereocenters. The van der Waals surface area contributed by atoms with E-state index in [1.165, 1.54) is 33.3 Å². The van der Waals surface area contributed by atoms with Gasteiger partial charge in [-0.15, -0.1) is 0 Å². The smallest absolute Gasteiger partial charge is 0.232 e. The van der Waals surface area contributed by atoms with E-state index in [4.69, 9.17) is 0 Å². The number of hydrogen-bond acceptors (Lipinski definition) is 1. The van der Waals surface area contributed by atoms with Crippen LogP contribution in [0, 0.1) is 13.8 Å². The van der Waals surface area contributed by atoms with Gasteiger partial charge in [0.15, 0.2) is 5.52 Å². The first-order valence-corrected chi connectivity index (χ1v) is 7.83. The van der Waals surface area contributed by atoms with Crippen LogP contribution in [0.2, 0.25) is 0 Å². The van der Waals surface area contributed by atoms with Crippen LogP contribution in [0.5, 0.6) is 0 Å². The van der Waals surface area contributed by atoms with E-state index < -0.39 is 0 Å². The molecule has 22 heavy (non-hydrogen) atoms. The lowest BCUT2D eigenvalue weighted by Crippen LogP contribution is -2.31. The van der Waals surface area contributed by atoms with Crippen molar-refractivity contribution < 1.29 is 4.57 Å². The Hall–Kier alpha value is -2.22. The van der Waals surface area contributed by atoms with E-state index in [-0.39, 0.29) is 0 Å². The number of nitrogens with zero attached hydrogens (tertiary/aromatic N) is 2. The van der Waals surface area contributed by atoms with E-state index in [2.05, 4.69) is 80.7 Å². The Morgan fingerprint density at radius 2 is 1.77 bits per heavy atom. The van der Waals surface area contributed by atoms with Crippen LogP contribution in [0.1, 0.15) is 36.5 Å². The van der Waals surface area contributed by atoms with Crippen molar-refractivity contribution in [1.29, 1.82) is 0 Å². The Bertz CT molecular complexity index is 848. The molecule has 1 aromatic heterocycles. The second-order valence-corrected chi connectivity index (χ2v) is 6.45. The van der Waals surface area contributed by atoms with Gasteiger partial charge >= 0.3 is 0 Å². The molecule has 1 heterocycles. The molecule has 0 saturated carbocycles. The fourth-order valence-corrected chi connectivity index (χ4v) is 2.94. The van der Waals surface area contributed by atoms with Crippen molar-refractivity contribution >= 4 is 10.9 Å². The Balaban J connectivity index is 2.38.